The Morgan fingerprint density at radius 1 is 1.53 bits per heavy atom. The molecule has 1 fully saturated rings. The first-order valence-electron chi connectivity index (χ1n) is 5.33. The van der Waals surface area contributed by atoms with Gasteiger partial charge in [0.1, 0.15) is 6.29 Å². The topological polar surface area (TPSA) is 39.2 Å². The van der Waals surface area contributed by atoms with Gasteiger partial charge in [0.05, 0.1) is 5.01 Å². The number of aldehydes is 1. The van der Waals surface area contributed by atoms with Crippen LogP contribution in [-0.2, 0) is 22.4 Å². The van der Waals surface area contributed by atoms with Crippen LogP contribution >= 0.6 is 11.3 Å². The Hall–Kier alpha value is -0.740. The highest BCUT2D eigenvalue weighted by Gasteiger charge is 2.15. The van der Waals surface area contributed by atoms with Gasteiger partial charge in [-0.3, -0.25) is 0 Å². The summed E-state index contributed by atoms with van der Waals surface area (Å²) < 4.78 is 5.32. The van der Waals surface area contributed by atoms with E-state index in [0.717, 1.165) is 43.6 Å². The van der Waals surface area contributed by atoms with Gasteiger partial charge in [-0.25, -0.2) is 4.98 Å². The first-order valence-corrected chi connectivity index (χ1v) is 6.15. The van der Waals surface area contributed by atoms with Crippen LogP contribution in [0.3, 0.4) is 0 Å². The fourth-order valence-electron chi connectivity index (χ4n) is 1.82. The molecular formula is C11H15NO2S. The predicted octanol–water partition coefficient (Wildman–Crippen LogP) is 1.85. The molecule has 0 saturated carbocycles. The highest BCUT2D eigenvalue weighted by molar-refractivity contribution is 7.11. The number of nitrogens with zero attached hydrogens (tertiary/aromatic N) is 1. The van der Waals surface area contributed by atoms with Crippen molar-refractivity contribution in [2.75, 3.05) is 13.2 Å². The molecule has 0 amide bonds. The van der Waals surface area contributed by atoms with E-state index in [9.17, 15) is 4.79 Å². The van der Waals surface area contributed by atoms with Crippen LogP contribution in [0.1, 0.15) is 22.7 Å². The van der Waals surface area contributed by atoms with Gasteiger partial charge in [-0.1, -0.05) is 0 Å². The molecule has 2 rings (SSSR count). The van der Waals surface area contributed by atoms with Crippen molar-refractivity contribution in [3.8, 4) is 0 Å². The lowest BCUT2D eigenvalue weighted by molar-refractivity contribution is -0.107. The van der Waals surface area contributed by atoms with Gasteiger partial charge in [-0.15, -0.1) is 11.3 Å². The summed E-state index contributed by atoms with van der Waals surface area (Å²) in [6.45, 7) is 1.77. The zero-order valence-electron chi connectivity index (χ0n) is 8.65. The molecule has 3 nitrogen and oxygen atoms in total. The molecule has 0 N–H and O–H groups in total. The number of thiazole rings is 1. The molecule has 0 spiro atoms. The number of aromatic nitrogens is 1. The second-order valence-electron chi connectivity index (χ2n) is 3.85. The van der Waals surface area contributed by atoms with Crippen LogP contribution in [-0.4, -0.2) is 24.5 Å². The van der Waals surface area contributed by atoms with Gasteiger partial charge in [0.2, 0.25) is 0 Å². The Balaban J connectivity index is 1.88. The van der Waals surface area contributed by atoms with Crippen LogP contribution in [0.2, 0.25) is 0 Å². The number of rotatable bonds is 4. The van der Waals surface area contributed by atoms with Crippen molar-refractivity contribution in [3.05, 3.63) is 16.1 Å². The molecular weight excluding hydrogens is 210 g/mol. The van der Waals surface area contributed by atoms with Crippen LogP contribution < -0.4 is 0 Å². The van der Waals surface area contributed by atoms with Crippen molar-refractivity contribution in [1.82, 2.24) is 4.98 Å². The molecule has 15 heavy (non-hydrogen) atoms. The van der Waals surface area contributed by atoms with E-state index in [1.807, 2.05) is 6.20 Å². The van der Waals surface area contributed by atoms with Crippen LogP contribution in [0.4, 0.5) is 0 Å². The summed E-state index contributed by atoms with van der Waals surface area (Å²) in [5.74, 6) is 0.717. The number of ether oxygens (including phenoxy) is 1. The fourth-order valence-corrected chi connectivity index (χ4v) is 2.80. The van der Waals surface area contributed by atoms with Crippen LogP contribution in [0.5, 0.6) is 0 Å². The molecule has 0 aliphatic carbocycles. The lowest BCUT2D eigenvalue weighted by atomic mass is 9.97. The third-order valence-electron chi connectivity index (χ3n) is 2.69. The van der Waals surface area contributed by atoms with Gasteiger partial charge >= 0.3 is 0 Å². The molecule has 1 aliphatic heterocycles. The molecule has 1 saturated heterocycles. The van der Waals surface area contributed by atoms with Gasteiger partial charge < -0.3 is 9.53 Å². The smallest absolute Gasteiger partial charge is 0.125 e. The molecule has 1 aromatic heterocycles. The van der Waals surface area contributed by atoms with Crippen molar-refractivity contribution >= 4 is 17.6 Å². The lowest BCUT2D eigenvalue weighted by Crippen LogP contribution is -2.17. The van der Waals surface area contributed by atoms with E-state index in [1.165, 1.54) is 5.01 Å². The van der Waals surface area contributed by atoms with Crippen LogP contribution in [0, 0.1) is 5.92 Å². The van der Waals surface area contributed by atoms with E-state index < -0.39 is 0 Å². The Labute approximate surface area is 93.5 Å². The SMILES string of the molecule is O=CCc1cnc(CC2CCOCC2)s1. The number of carbonyl (C=O) groups is 1. The highest BCUT2D eigenvalue weighted by atomic mass is 32.1. The molecule has 1 aliphatic rings. The summed E-state index contributed by atoms with van der Waals surface area (Å²) in [5.41, 5.74) is 0. The first-order chi connectivity index (χ1) is 7.38. The summed E-state index contributed by atoms with van der Waals surface area (Å²) in [4.78, 5) is 15.8. The average molecular weight is 225 g/mol. The maximum atomic E-state index is 10.3. The van der Waals surface area contributed by atoms with Gasteiger partial charge in [-0.05, 0) is 18.8 Å². The highest BCUT2D eigenvalue weighted by Crippen LogP contribution is 2.22. The second kappa shape index (κ2) is 5.37. The Kier molecular flexibility index (Phi) is 3.86. The molecule has 0 bridgehead atoms. The molecule has 2 heterocycles. The van der Waals surface area contributed by atoms with E-state index in [0.29, 0.717) is 12.3 Å². The van der Waals surface area contributed by atoms with Gasteiger partial charge in [-0.2, -0.15) is 0 Å². The second-order valence-corrected chi connectivity index (χ2v) is 5.05. The zero-order valence-corrected chi connectivity index (χ0v) is 9.46. The minimum atomic E-state index is 0.505. The zero-order chi connectivity index (χ0) is 10.5. The molecule has 82 valence electrons. The Bertz CT molecular complexity index is 318. The summed E-state index contributed by atoms with van der Waals surface area (Å²) >= 11 is 1.67. The molecule has 0 radical (unpaired) electrons. The van der Waals surface area contributed by atoms with Crippen molar-refractivity contribution in [3.63, 3.8) is 0 Å². The number of carbonyl (C=O) groups excluding carboxylic acids is 1. The summed E-state index contributed by atoms with van der Waals surface area (Å²) in [6.07, 6.45) is 6.60. The van der Waals surface area contributed by atoms with Crippen LogP contribution in [0.15, 0.2) is 6.20 Å². The largest absolute Gasteiger partial charge is 0.381 e. The van der Waals surface area contributed by atoms with Crippen molar-refractivity contribution in [1.29, 1.82) is 0 Å². The summed E-state index contributed by atoms with van der Waals surface area (Å²) in [7, 11) is 0. The Morgan fingerprint density at radius 3 is 3.07 bits per heavy atom. The number of hydrogen-bond acceptors (Lipinski definition) is 4. The average Bonchev–Trinajstić information content (AvgIpc) is 2.68. The normalized spacial score (nSPS) is 17.9. The van der Waals surface area contributed by atoms with E-state index in [1.54, 1.807) is 11.3 Å². The monoisotopic (exact) mass is 225 g/mol. The molecule has 4 heteroatoms. The van der Waals surface area contributed by atoms with Gasteiger partial charge in [0, 0.05) is 37.1 Å². The molecule has 1 aromatic rings. The van der Waals surface area contributed by atoms with E-state index in [4.69, 9.17) is 4.74 Å². The third-order valence-corrected chi connectivity index (χ3v) is 3.73. The minimum Gasteiger partial charge on any atom is -0.381 e. The summed E-state index contributed by atoms with van der Waals surface area (Å²) in [5, 5.41) is 1.17. The third kappa shape index (κ3) is 3.11. The minimum absolute atomic E-state index is 0.505. The van der Waals surface area contributed by atoms with Crippen LogP contribution in [0.25, 0.3) is 0 Å². The van der Waals surface area contributed by atoms with E-state index in [-0.39, 0.29) is 0 Å². The maximum Gasteiger partial charge on any atom is 0.125 e. The van der Waals surface area contributed by atoms with Crippen molar-refractivity contribution in [2.45, 2.75) is 25.7 Å². The number of hydrogen-bond donors (Lipinski definition) is 0. The van der Waals surface area contributed by atoms with Crippen molar-refractivity contribution in [2.24, 2.45) is 5.92 Å². The Morgan fingerprint density at radius 2 is 2.33 bits per heavy atom. The first kappa shape index (κ1) is 10.8. The lowest BCUT2D eigenvalue weighted by Gasteiger charge is -2.20. The van der Waals surface area contributed by atoms with E-state index in [2.05, 4.69) is 4.98 Å². The maximum absolute atomic E-state index is 10.3. The van der Waals surface area contributed by atoms with Gasteiger partial charge in [0.15, 0.2) is 0 Å². The van der Waals surface area contributed by atoms with Gasteiger partial charge in [0.25, 0.3) is 0 Å². The quantitative estimate of drug-likeness (QED) is 0.734. The molecule has 0 aromatic carbocycles. The predicted molar refractivity (Wildman–Crippen MR) is 59.1 cm³/mol. The molecule has 0 atom stereocenters. The van der Waals surface area contributed by atoms with E-state index >= 15 is 0 Å². The van der Waals surface area contributed by atoms with Crippen molar-refractivity contribution < 1.29 is 9.53 Å². The standard InChI is InChI=1S/C11H15NO2S/c13-4-1-10-8-12-11(15-10)7-9-2-5-14-6-3-9/h4,8-9H,1-3,5-7H2. The fraction of sp³-hybridized carbons (Fsp3) is 0.636. The molecule has 0 unspecified atom stereocenters. The summed E-state index contributed by atoms with van der Waals surface area (Å²) in [6, 6.07) is 0.